The molecule has 0 aromatic rings. The van der Waals surface area contributed by atoms with Crippen molar-refractivity contribution in [2.75, 3.05) is 0 Å². The predicted octanol–water partition coefficient (Wildman–Crippen LogP) is 1.37. The van der Waals surface area contributed by atoms with Gasteiger partial charge in [-0.3, -0.25) is 4.79 Å². The first kappa shape index (κ1) is 7.83. The van der Waals surface area contributed by atoms with Gasteiger partial charge in [-0.2, -0.15) is 0 Å². The second kappa shape index (κ2) is 3.22. The third kappa shape index (κ3) is 2.10. The molecule has 0 aromatic heterocycles. The number of hydrogen-bond acceptors (Lipinski definition) is 1. The van der Waals surface area contributed by atoms with Crippen LogP contribution < -0.4 is 5.32 Å². The summed E-state index contributed by atoms with van der Waals surface area (Å²) in [6, 6.07) is 0. The lowest BCUT2D eigenvalue weighted by molar-refractivity contribution is -0.115. The maximum Gasteiger partial charge on any atom is 0.248 e. The highest BCUT2D eigenvalue weighted by molar-refractivity contribution is 5.89. The lowest BCUT2D eigenvalue weighted by Crippen LogP contribution is -2.13. The molecule has 0 aliphatic carbocycles. The lowest BCUT2D eigenvalue weighted by Gasteiger charge is -2.02. The van der Waals surface area contributed by atoms with Crippen LogP contribution in [-0.2, 0) is 4.79 Å². The molecule has 58 valence electrons. The van der Waals surface area contributed by atoms with Crippen LogP contribution in [0.2, 0.25) is 0 Å². The number of nitrogens with one attached hydrogen (secondary N) is 1. The van der Waals surface area contributed by atoms with Crippen molar-refractivity contribution in [1.29, 1.82) is 0 Å². The maximum absolute atomic E-state index is 10.9. The largest absolute Gasteiger partial charge is 0.322 e. The minimum absolute atomic E-state index is 0.0741. The summed E-state index contributed by atoms with van der Waals surface area (Å²) in [6.45, 7) is 4.09. The van der Waals surface area contributed by atoms with Crippen LogP contribution in [0, 0.1) is 5.92 Å². The Kier molecular flexibility index (Phi) is 2.29. The Balaban J connectivity index is 2.92. The minimum atomic E-state index is -0.0741. The molecule has 0 fully saturated rings. The average Bonchev–Trinajstić information content (AvgIpc) is 2.13. The van der Waals surface area contributed by atoms with E-state index in [1.54, 1.807) is 6.08 Å². The van der Waals surface area contributed by atoms with Crippen LogP contribution in [0.1, 0.15) is 13.8 Å². The summed E-state index contributed by atoms with van der Waals surface area (Å²) < 4.78 is 0. The molecule has 2 heteroatoms. The van der Waals surface area contributed by atoms with Gasteiger partial charge in [-0.15, -0.1) is 5.73 Å². The van der Waals surface area contributed by atoms with Crippen molar-refractivity contribution in [1.82, 2.24) is 5.32 Å². The summed E-state index contributed by atoms with van der Waals surface area (Å²) in [5.41, 5.74) is 3.87. The fourth-order valence-electron chi connectivity index (χ4n) is 0.819. The predicted molar refractivity (Wildman–Crippen MR) is 43.7 cm³/mol. The van der Waals surface area contributed by atoms with E-state index in [9.17, 15) is 4.79 Å². The van der Waals surface area contributed by atoms with E-state index >= 15 is 0 Å². The number of rotatable bonds is 1. The maximum atomic E-state index is 10.9. The smallest absolute Gasteiger partial charge is 0.248 e. The monoisotopic (exact) mass is 149 g/mol. The van der Waals surface area contributed by atoms with Crippen LogP contribution >= 0.6 is 0 Å². The molecule has 0 atom stereocenters. The highest BCUT2D eigenvalue weighted by Crippen LogP contribution is 2.10. The Bertz CT molecular complexity index is 255. The van der Waals surface area contributed by atoms with Crippen molar-refractivity contribution in [2.45, 2.75) is 13.8 Å². The highest BCUT2D eigenvalue weighted by atomic mass is 16.1. The number of hydrogen-bond donors (Lipinski definition) is 1. The molecule has 0 unspecified atom stereocenters. The van der Waals surface area contributed by atoms with Crippen LogP contribution in [0.25, 0.3) is 0 Å². The Morgan fingerprint density at radius 1 is 1.55 bits per heavy atom. The van der Waals surface area contributed by atoms with Crippen molar-refractivity contribution < 1.29 is 4.79 Å². The molecule has 1 N–H and O–H groups in total. The van der Waals surface area contributed by atoms with Gasteiger partial charge in [0.1, 0.15) is 0 Å². The molecule has 0 radical (unpaired) electrons. The van der Waals surface area contributed by atoms with E-state index in [2.05, 4.69) is 11.0 Å². The second-order valence-electron chi connectivity index (χ2n) is 2.76. The van der Waals surface area contributed by atoms with Gasteiger partial charge in [-0.05, 0) is 17.6 Å². The third-order valence-corrected chi connectivity index (χ3v) is 1.51. The Morgan fingerprint density at radius 3 is 2.91 bits per heavy atom. The summed E-state index contributed by atoms with van der Waals surface area (Å²) in [6.07, 6.45) is 4.94. The van der Waals surface area contributed by atoms with Crippen LogP contribution in [-0.4, -0.2) is 5.91 Å². The van der Waals surface area contributed by atoms with Gasteiger partial charge in [0.2, 0.25) is 5.91 Å². The fourth-order valence-corrected chi connectivity index (χ4v) is 0.819. The molecule has 0 aromatic carbocycles. The molecule has 0 saturated carbocycles. The van der Waals surface area contributed by atoms with Gasteiger partial charge in [-0.25, -0.2) is 0 Å². The number of carbonyl (C=O) groups is 1. The zero-order chi connectivity index (χ0) is 8.27. The van der Waals surface area contributed by atoms with Gasteiger partial charge in [0.15, 0.2) is 0 Å². The van der Waals surface area contributed by atoms with Crippen LogP contribution in [0.3, 0.4) is 0 Å². The quantitative estimate of drug-likeness (QED) is 0.560. The summed E-state index contributed by atoms with van der Waals surface area (Å²) in [4.78, 5) is 10.9. The zero-order valence-electron chi connectivity index (χ0n) is 6.72. The van der Waals surface area contributed by atoms with E-state index in [-0.39, 0.29) is 5.91 Å². The van der Waals surface area contributed by atoms with E-state index in [1.807, 2.05) is 19.9 Å². The number of carbonyl (C=O) groups excluding carboxylic acids is 1. The Labute approximate surface area is 66.3 Å². The average molecular weight is 149 g/mol. The topological polar surface area (TPSA) is 29.1 Å². The van der Waals surface area contributed by atoms with Gasteiger partial charge in [0, 0.05) is 12.3 Å². The molecule has 1 amide bonds. The molecular weight excluding hydrogens is 138 g/mol. The SMILES string of the molecule is CC(C)C1=CC(=O)NC=C=C1. The van der Waals surface area contributed by atoms with E-state index in [0.29, 0.717) is 5.92 Å². The zero-order valence-corrected chi connectivity index (χ0v) is 6.72. The summed E-state index contributed by atoms with van der Waals surface area (Å²) in [5, 5.41) is 2.55. The highest BCUT2D eigenvalue weighted by Gasteiger charge is 2.03. The first-order chi connectivity index (χ1) is 5.20. The second-order valence-corrected chi connectivity index (χ2v) is 2.76. The van der Waals surface area contributed by atoms with Crippen LogP contribution in [0.5, 0.6) is 0 Å². The Hall–Kier alpha value is -1.27. The van der Waals surface area contributed by atoms with Crippen molar-refractivity contribution in [2.24, 2.45) is 5.92 Å². The normalized spacial score (nSPS) is 16.3. The van der Waals surface area contributed by atoms with E-state index in [0.717, 1.165) is 5.57 Å². The molecule has 0 saturated heterocycles. The fraction of sp³-hybridized carbons (Fsp3) is 0.333. The molecule has 0 bridgehead atoms. The number of allylic oxidation sites excluding steroid dienone is 2. The molecule has 0 spiro atoms. The van der Waals surface area contributed by atoms with Crippen molar-refractivity contribution in [3.63, 3.8) is 0 Å². The van der Waals surface area contributed by atoms with Crippen molar-refractivity contribution in [3.05, 3.63) is 29.7 Å². The van der Waals surface area contributed by atoms with Crippen LogP contribution in [0.15, 0.2) is 29.7 Å². The first-order valence-corrected chi connectivity index (χ1v) is 3.63. The number of amides is 1. The molecule has 2 nitrogen and oxygen atoms in total. The van der Waals surface area contributed by atoms with Crippen molar-refractivity contribution in [3.8, 4) is 0 Å². The van der Waals surface area contributed by atoms with E-state index in [1.165, 1.54) is 6.20 Å². The van der Waals surface area contributed by atoms with Gasteiger partial charge in [-0.1, -0.05) is 13.8 Å². The van der Waals surface area contributed by atoms with Crippen LogP contribution in [0.4, 0.5) is 0 Å². The van der Waals surface area contributed by atoms with Gasteiger partial charge in [0.25, 0.3) is 0 Å². The molecule has 1 aliphatic rings. The Morgan fingerprint density at radius 2 is 2.27 bits per heavy atom. The van der Waals surface area contributed by atoms with Gasteiger partial charge in [0.05, 0.1) is 0 Å². The molecule has 1 heterocycles. The standard InChI is InChI=1S/C9H11NO/c1-7(2)8-4-3-5-10-9(11)6-8/h4-7H,1-2H3,(H,10,11). The van der Waals surface area contributed by atoms with E-state index in [4.69, 9.17) is 0 Å². The summed E-state index contributed by atoms with van der Waals surface area (Å²) >= 11 is 0. The summed E-state index contributed by atoms with van der Waals surface area (Å²) in [5.74, 6) is 0.301. The summed E-state index contributed by atoms with van der Waals surface area (Å²) in [7, 11) is 0. The van der Waals surface area contributed by atoms with Gasteiger partial charge >= 0.3 is 0 Å². The minimum Gasteiger partial charge on any atom is -0.322 e. The van der Waals surface area contributed by atoms with Gasteiger partial charge < -0.3 is 5.32 Å². The molecule has 1 aliphatic heterocycles. The lowest BCUT2D eigenvalue weighted by atomic mass is 10.0. The molecular formula is C9H11NO. The van der Waals surface area contributed by atoms with E-state index < -0.39 is 0 Å². The first-order valence-electron chi connectivity index (χ1n) is 3.63. The molecule has 1 rings (SSSR count). The third-order valence-electron chi connectivity index (χ3n) is 1.51. The van der Waals surface area contributed by atoms with Crippen molar-refractivity contribution >= 4 is 5.91 Å². The molecule has 11 heavy (non-hydrogen) atoms.